The van der Waals surface area contributed by atoms with E-state index in [2.05, 4.69) is 16.7 Å². The minimum absolute atomic E-state index is 0.141. The molecule has 0 bridgehead atoms. The lowest BCUT2D eigenvalue weighted by atomic mass is 10.0. The number of rotatable bonds is 3. The number of ether oxygens (including phenoxy) is 1. The molecule has 0 saturated carbocycles. The molecule has 16 heavy (non-hydrogen) atoms. The molecule has 2 N–H and O–H groups in total. The van der Waals surface area contributed by atoms with Crippen molar-refractivity contribution >= 4 is 0 Å². The molecule has 0 aromatic carbocycles. The van der Waals surface area contributed by atoms with Crippen LogP contribution in [0.25, 0.3) is 0 Å². The Morgan fingerprint density at radius 3 is 3.25 bits per heavy atom. The van der Waals surface area contributed by atoms with E-state index in [0.29, 0.717) is 6.04 Å². The van der Waals surface area contributed by atoms with Crippen molar-refractivity contribution in [2.45, 2.75) is 50.8 Å². The van der Waals surface area contributed by atoms with Gasteiger partial charge in [0.15, 0.2) is 0 Å². The van der Waals surface area contributed by atoms with Crippen LogP contribution in [0, 0.1) is 11.8 Å². The molecule has 0 radical (unpaired) electrons. The number of morpholine rings is 1. The fourth-order valence-corrected chi connectivity index (χ4v) is 2.65. The molecule has 2 saturated heterocycles. The molecule has 2 fully saturated rings. The Morgan fingerprint density at radius 1 is 1.56 bits per heavy atom. The van der Waals surface area contributed by atoms with Crippen molar-refractivity contribution in [1.82, 2.24) is 4.90 Å². The standard InChI is InChI=1S/C13H22N2O/c1-2-3-4-7-12(14)13-9-15-8-5-6-11(15)10-16-13/h11-13H,4-10,14H2,1H3. The molecular formula is C13H22N2O. The van der Waals surface area contributed by atoms with Gasteiger partial charge in [-0.3, -0.25) is 4.90 Å². The molecule has 2 rings (SSSR count). The Morgan fingerprint density at radius 2 is 2.44 bits per heavy atom. The van der Waals surface area contributed by atoms with Gasteiger partial charge in [0.25, 0.3) is 0 Å². The third-order valence-electron chi connectivity index (χ3n) is 3.67. The average Bonchev–Trinajstić information content (AvgIpc) is 2.76. The van der Waals surface area contributed by atoms with E-state index in [1.807, 2.05) is 6.92 Å². The second-order valence-electron chi connectivity index (χ2n) is 4.79. The Hall–Kier alpha value is -0.560. The van der Waals surface area contributed by atoms with Crippen LogP contribution in [-0.2, 0) is 4.74 Å². The summed E-state index contributed by atoms with van der Waals surface area (Å²) in [5, 5.41) is 0. The minimum atomic E-state index is 0.141. The molecule has 3 nitrogen and oxygen atoms in total. The van der Waals surface area contributed by atoms with E-state index in [9.17, 15) is 0 Å². The molecule has 0 aromatic heterocycles. The molecule has 0 aromatic rings. The Labute approximate surface area is 98.3 Å². The van der Waals surface area contributed by atoms with Gasteiger partial charge in [0.2, 0.25) is 0 Å². The van der Waals surface area contributed by atoms with E-state index in [1.54, 1.807) is 0 Å². The van der Waals surface area contributed by atoms with Crippen molar-refractivity contribution in [3.8, 4) is 11.8 Å². The highest BCUT2D eigenvalue weighted by Crippen LogP contribution is 2.24. The summed E-state index contributed by atoms with van der Waals surface area (Å²) in [6.45, 7) is 4.99. The zero-order chi connectivity index (χ0) is 11.4. The first-order valence-corrected chi connectivity index (χ1v) is 6.32. The Kier molecular flexibility index (Phi) is 4.22. The van der Waals surface area contributed by atoms with Gasteiger partial charge in [-0.15, -0.1) is 11.8 Å². The van der Waals surface area contributed by atoms with Gasteiger partial charge in [-0.2, -0.15) is 0 Å². The van der Waals surface area contributed by atoms with Crippen LogP contribution in [0.5, 0.6) is 0 Å². The van der Waals surface area contributed by atoms with Crippen LogP contribution < -0.4 is 5.73 Å². The predicted molar refractivity (Wildman–Crippen MR) is 65.0 cm³/mol. The fraction of sp³-hybridized carbons (Fsp3) is 0.846. The maximum absolute atomic E-state index is 6.15. The molecule has 3 unspecified atom stereocenters. The maximum Gasteiger partial charge on any atom is 0.0853 e. The molecule has 0 aliphatic carbocycles. The number of hydrogen-bond acceptors (Lipinski definition) is 3. The first-order valence-electron chi connectivity index (χ1n) is 6.32. The van der Waals surface area contributed by atoms with E-state index in [1.165, 1.54) is 19.4 Å². The van der Waals surface area contributed by atoms with E-state index >= 15 is 0 Å². The largest absolute Gasteiger partial charge is 0.374 e. The molecular weight excluding hydrogens is 200 g/mol. The number of nitrogens with zero attached hydrogens (tertiary/aromatic N) is 1. The van der Waals surface area contributed by atoms with Crippen LogP contribution >= 0.6 is 0 Å². The van der Waals surface area contributed by atoms with Gasteiger partial charge in [0.05, 0.1) is 12.7 Å². The second kappa shape index (κ2) is 5.67. The van der Waals surface area contributed by atoms with Crippen molar-refractivity contribution in [2.75, 3.05) is 19.7 Å². The van der Waals surface area contributed by atoms with Crippen molar-refractivity contribution in [2.24, 2.45) is 5.73 Å². The summed E-state index contributed by atoms with van der Waals surface area (Å²) in [5.74, 6) is 5.97. The number of hydrogen-bond donors (Lipinski definition) is 1. The maximum atomic E-state index is 6.15. The monoisotopic (exact) mass is 222 g/mol. The van der Waals surface area contributed by atoms with E-state index < -0.39 is 0 Å². The van der Waals surface area contributed by atoms with Gasteiger partial charge in [-0.1, -0.05) is 0 Å². The molecule has 2 aliphatic heterocycles. The minimum Gasteiger partial charge on any atom is -0.374 e. The third-order valence-corrected chi connectivity index (χ3v) is 3.67. The van der Waals surface area contributed by atoms with Crippen molar-refractivity contribution in [3.05, 3.63) is 0 Å². The zero-order valence-electron chi connectivity index (χ0n) is 10.1. The first-order chi connectivity index (χ1) is 7.81. The van der Waals surface area contributed by atoms with E-state index in [4.69, 9.17) is 10.5 Å². The number of nitrogens with two attached hydrogens (primary N) is 1. The van der Waals surface area contributed by atoms with Gasteiger partial charge in [0, 0.05) is 25.0 Å². The highest BCUT2D eigenvalue weighted by Gasteiger charge is 2.34. The van der Waals surface area contributed by atoms with Gasteiger partial charge in [-0.05, 0) is 32.7 Å². The normalized spacial score (nSPS) is 31.6. The van der Waals surface area contributed by atoms with E-state index in [-0.39, 0.29) is 12.1 Å². The summed E-state index contributed by atoms with van der Waals surface area (Å²) in [6.07, 6.45) is 4.67. The highest BCUT2D eigenvalue weighted by atomic mass is 16.5. The molecule has 0 amide bonds. The quantitative estimate of drug-likeness (QED) is 0.723. The van der Waals surface area contributed by atoms with Crippen LogP contribution in [0.3, 0.4) is 0 Å². The van der Waals surface area contributed by atoms with Crippen LogP contribution in [0.1, 0.15) is 32.6 Å². The van der Waals surface area contributed by atoms with Gasteiger partial charge < -0.3 is 10.5 Å². The summed E-state index contributed by atoms with van der Waals surface area (Å²) in [7, 11) is 0. The first kappa shape index (κ1) is 11.9. The summed E-state index contributed by atoms with van der Waals surface area (Å²) in [5.41, 5.74) is 6.15. The molecule has 3 heteroatoms. The van der Waals surface area contributed by atoms with Crippen molar-refractivity contribution < 1.29 is 4.74 Å². The van der Waals surface area contributed by atoms with Crippen LogP contribution in [0.2, 0.25) is 0 Å². The summed E-state index contributed by atoms with van der Waals surface area (Å²) >= 11 is 0. The van der Waals surface area contributed by atoms with Gasteiger partial charge in [0.1, 0.15) is 0 Å². The van der Waals surface area contributed by atoms with E-state index in [0.717, 1.165) is 26.0 Å². The fourth-order valence-electron chi connectivity index (χ4n) is 2.65. The van der Waals surface area contributed by atoms with Crippen molar-refractivity contribution in [3.63, 3.8) is 0 Å². The molecule has 0 spiro atoms. The Bertz CT molecular complexity index is 281. The molecule has 2 heterocycles. The van der Waals surface area contributed by atoms with Gasteiger partial charge >= 0.3 is 0 Å². The van der Waals surface area contributed by atoms with Gasteiger partial charge in [-0.25, -0.2) is 0 Å². The van der Waals surface area contributed by atoms with Crippen LogP contribution in [0.15, 0.2) is 0 Å². The predicted octanol–water partition coefficient (Wildman–Crippen LogP) is 0.980. The number of fused-ring (bicyclic) bond motifs is 1. The van der Waals surface area contributed by atoms with Crippen LogP contribution in [-0.4, -0.2) is 42.8 Å². The second-order valence-corrected chi connectivity index (χ2v) is 4.79. The Balaban J connectivity index is 1.78. The molecule has 2 aliphatic rings. The lowest BCUT2D eigenvalue weighted by molar-refractivity contribution is -0.0598. The van der Waals surface area contributed by atoms with Crippen molar-refractivity contribution in [1.29, 1.82) is 0 Å². The highest BCUT2D eigenvalue weighted by molar-refractivity contribution is 4.97. The lowest BCUT2D eigenvalue weighted by Gasteiger charge is -2.37. The van der Waals surface area contributed by atoms with Crippen LogP contribution in [0.4, 0.5) is 0 Å². The topological polar surface area (TPSA) is 38.5 Å². The molecule has 90 valence electrons. The lowest BCUT2D eigenvalue weighted by Crippen LogP contribution is -2.52. The smallest absolute Gasteiger partial charge is 0.0853 e. The molecule has 3 atom stereocenters. The summed E-state index contributed by atoms with van der Waals surface area (Å²) < 4.78 is 5.87. The summed E-state index contributed by atoms with van der Waals surface area (Å²) in [4.78, 5) is 2.54. The zero-order valence-corrected chi connectivity index (χ0v) is 10.1. The SMILES string of the molecule is CC#CCCC(N)C1CN2CCCC2CO1. The average molecular weight is 222 g/mol. The summed E-state index contributed by atoms with van der Waals surface area (Å²) in [6, 6.07) is 0.807. The third kappa shape index (κ3) is 2.76.